The van der Waals surface area contributed by atoms with Crippen LogP contribution >= 0.6 is 11.3 Å². The minimum atomic E-state index is 0.370. The zero-order valence-corrected chi connectivity index (χ0v) is 12.3. The Morgan fingerprint density at radius 1 is 1.28 bits per heavy atom. The Morgan fingerprint density at radius 2 is 2.00 bits per heavy atom. The molecule has 0 unspecified atom stereocenters. The molecule has 0 aliphatic heterocycles. The van der Waals surface area contributed by atoms with E-state index in [0.717, 1.165) is 29.5 Å². The van der Waals surface area contributed by atoms with Gasteiger partial charge in [0.05, 0.1) is 12.1 Å². The van der Waals surface area contributed by atoms with Crippen LogP contribution in [0.25, 0.3) is 0 Å². The maximum Gasteiger partial charge on any atom is 0.139 e. The Kier molecular flexibility index (Phi) is 4.93. The molecule has 1 fully saturated rings. The Hall–Kier alpha value is -0.700. The molecule has 1 aliphatic carbocycles. The number of rotatable bonds is 5. The van der Waals surface area contributed by atoms with E-state index in [9.17, 15) is 4.79 Å². The summed E-state index contributed by atoms with van der Waals surface area (Å²) in [7, 11) is 0. The van der Waals surface area contributed by atoms with Crippen molar-refractivity contribution in [2.45, 2.75) is 65.2 Å². The van der Waals surface area contributed by atoms with Gasteiger partial charge in [0.25, 0.3) is 0 Å². The zero-order chi connectivity index (χ0) is 13.0. The highest BCUT2D eigenvalue weighted by Gasteiger charge is 2.15. The predicted molar refractivity (Wildman–Crippen MR) is 76.1 cm³/mol. The Bertz CT molecular complexity index is 385. The molecule has 1 aromatic rings. The third kappa shape index (κ3) is 3.91. The van der Waals surface area contributed by atoms with Gasteiger partial charge in [0.1, 0.15) is 10.8 Å². The van der Waals surface area contributed by atoms with Crippen molar-refractivity contribution in [3.63, 3.8) is 0 Å². The number of hydrogen-bond donors (Lipinski definition) is 0. The average molecular weight is 265 g/mol. The van der Waals surface area contributed by atoms with Crippen molar-refractivity contribution in [1.82, 2.24) is 4.98 Å². The van der Waals surface area contributed by atoms with Crippen LogP contribution in [0.3, 0.4) is 0 Å². The Morgan fingerprint density at radius 3 is 2.61 bits per heavy atom. The van der Waals surface area contributed by atoms with Crippen LogP contribution in [-0.2, 0) is 11.2 Å². The third-order valence-electron chi connectivity index (χ3n) is 3.98. The summed E-state index contributed by atoms with van der Waals surface area (Å²) < 4.78 is 0. The topological polar surface area (TPSA) is 30.0 Å². The lowest BCUT2D eigenvalue weighted by atomic mass is 9.85. The maximum atomic E-state index is 11.9. The van der Waals surface area contributed by atoms with Crippen LogP contribution in [0.4, 0.5) is 0 Å². The second kappa shape index (κ2) is 6.46. The molecule has 1 saturated carbocycles. The van der Waals surface area contributed by atoms with Gasteiger partial charge in [0, 0.05) is 11.3 Å². The molecule has 0 bridgehead atoms. The normalized spacial score (nSPS) is 17.0. The van der Waals surface area contributed by atoms with Gasteiger partial charge < -0.3 is 0 Å². The van der Waals surface area contributed by atoms with Crippen molar-refractivity contribution in [3.05, 3.63) is 15.6 Å². The lowest BCUT2D eigenvalue weighted by Gasteiger charge is -2.20. The van der Waals surface area contributed by atoms with Crippen LogP contribution < -0.4 is 0 Å². The predicted octanol–water partition coefficient (Wildman–Crippen LogP) is 4.23. The number of carbonyl (C=O) groups is 1. The fourth-order valence-corrected chi connectivity index (χ4v) is 3.68. The van der Waals surface area contributed by atoms with Crippen LogP contribution in [0.1, 0.15) is 60.5 Å². The number of aryl methyl sites for hydroxylation is 2. The highest BCUT2D eigenvalue weighted by atomic mass is 32.1. The number of aromatic nitrogens is 1. The first-order valence-electron chi connectivity index (χ1n) is 7.09. The van der Waals surface area contributed by atoms with Gasteiger partial charge in [-0.2, -0.15) is 0 Å². The molecule has 1 aliphatic rings. The molecule has 0 amide bonds. The van der Waals surface area contributed by atoms with E-state index in [-0.39, 0.29) is 0 Å². The highest BCUT2D eigenvalue weighted by Crippen LogP contribution is 2.27. The smallest absolute Gasteiger partial charge is 0.139 e. The molecule has 18 heavy (non-hydrogen) atoms. The van der Waals surface area contributed by atoms with Crippen molar-refractivity contribution in [1.29, 1.82) is 0 Å². The number of nitrogens with zero attached hydrogens (tertiary/aromatic N) is 1. The SMILES string of the molecule is Cc1nc(CC(=O)CCC2CCCCC2)sc1C. The first-order valence-corrected chi connectivity index (χ1v) is 7.91. The quantitative estimate of drug-likeness (QED) is 0.797. The molecule has 2 rings (SSSR count). The van der Waals surface area contributed by atoms with Gasteiger partial charge in [-0.25, -0.2) is 4.98 Å². The minimum absolute atomic E-state index is 0.370. The summed E-state index contributed by atoms with van der Waals surface area (Å²) in [6, 6.07) is 0. The largest absolute Gasteiger partial charge is 0.299 e. The summed E-state index contributed by atoms with van der Waals surface area (Å²) in [5, 5.41) is 0.999. The molecule has 0 aromatic carbocycles. The molecular weight excluding hydrogens is 242 g/mol. The van der Waals surface area contributed by atoms with Gasteiger partial charge in [-0.3, -0.25) is 4.79 Å². The van der Waals surface area contributed by atoms with Gasteiger partial charge in [-0.15, -0.1) is 11.3 Å². The third-order valence-corrected chi connectivity index (χ3v) is 5.05. The summed E-state index contributed by atoms with van der Waals surface area (Å²) >= 11 is 1.67. The van der Waals surface area contributed by atoms with Crippen molar-refractivity contribution in [3.8, 4) is 0 Å². The van der Waals surface area contributed by atoms with Crippen LogP contribution in [0, 0.1) is 19.8 Å². The van der Waals surface area contributed by atoms with Crippen molar-refractivity contribution in [2.75, 3.05) is 0 Å². The van der Waals surface area contributed by atoms with Crippen LogP contribution in [0.15, 0.2) is 0 Å². The lowest BCUT2D eigenvalue weighted by Crippen LogP contribution is -2.10. The molecule has 0 radical (unpaired) electrons. The van der Waals surface area contributed by atoms with Crippen LogP contribution in [-0.4, -0.2) is 10.8 Å². The summed E-state index contributed by atoms with van der Waals surface area (Å²) in [6.07, 6.45) is 9.19. The zero-order valence-electron chi connectivity index (χ0n) is 11.5. The molecule has 1 heterocycles. The highest BCUT2D eigenvalue weighted by molar-refractivity contribution is 7.11. The summed E-state index contributed by atoms with van der Waals surface area (Å²) in [6.45, 7) is 4.09. The van der Waals surface area contributed by atoms with E-state index in [1.807, 2.05) is 6.92 Å². The molecule has 0 N–H and O–H groups in total. The van der Waals surface area contributed by atoms with Gasteiger partial charge >= 0.3 is 0 Å². The van der Waals surface area contributed by atoms with Gasteiger partial charge in [0.15, 0.2) is 0 Å². The molecule has 100 valence electrons. The van der Waals surface area contributed by atoms with Gasteiger partial charge in [-0.05, 0) is 26.2 Å². The van der Waals surface area contributed by atoms with E-state index in [1.54, 1.807) is 11.3 Å². The Balaban J connectivity index is 1.74. The van der Waals surface area contributed by atoms with E-state index in [0.29, 0.717) is 12.2 Å². The molecule has 1 aromatic heterocycles. The molecule has 2 nitrogen and oxygen atoms in total. The van der Waals surface area contributed by atoms with E-state index in [1.165, 1.54) is 37.0 Å². The number of thiazole rings is 1. The van der Waals surface area contributed by atoms with Gasteiger partial charge in [-0.1, -0.05) is 32.1 Å². The monoisotopic (exact) mass is 265 g/mol. The van der Waals surface area contributed by atoms with Crippen LogP contribution in [0.2, 0.25) is 0 Å². The first kappa shape index (κ1) is 13.7. The summed E-state index contributed by atoms with van der Waals surface area (Å²) in [5.74, 6) is 1.18. The fourth-order valence-electron chi connectivity index (χ4n) is 2.71. The number of carbonyl (C=O) groups excluding carboxylic acids is 1. The molecule has 0 atom stereocenters. The number of Topliss-reactive ketones (excluding diaryl/α,β-unsaturated/α-hetero) is 1. The lowest BCUT2D eigenvalue weighted by molar-refractivity contribution is -0.118. The molecule has 0 saturated heterocycles. The Labute approximate surface area is 114 Å². The summed E-state index contributed by atoms with van der Waals surface area (Å²) in [5.41, 5.74) is 1.08. The second-order valence-corrected chi connectivity index (χ2v) is 6.80. The number of ketones is 1. The van der Waals surface area contributed by atoms with E-state index in [4.69, 9.17) is 0 Å². The van der Waals surface area contributed by atoms with Crippen molar-refractivity contribution < 1.29 is 4.79 Å². The summed E-state index contributed by atoms with van der Waals surface area (Å²) in [4.78, 5) is 17.6. The molecule has 3 heteroatoms. The standard InChI is InChI=1S/C15H23NOS/c1-11-12(2)18-15(16-11)10-14(17)9-8-13-6-4-3-5-7-13/h13H,3-10H2,1-2H3. The van der Waals surface area contributed by atoms with E-state index in [2.05, 4.69) is 11.9 Å². The number of hydrogen-bond acceptors (Lipinski definition) is 3. The second-order valence-electron chi connectivity index (χ2n) is 5.51. The molecular formula is C15H23NOS. The molecule has 0 spiro atoms. The fraction of sp³-hybridized carbons (Fsp3) is 0.733. The first-order chi connectivity index (χ1) is 8.65. The van der Waals surface area contributed by atoms with E-state index < -0.39 is 0 Å². The van der Waals surface area contributed by atoms with Crippen LogP contribution in [0.5, 0.6) is 0 Å². The van der Waals surface area contributed by atoms with Gasteiger partial charge in [0.2, 0.25) is 0 Å². The minimum Gasteiger partial charge on any atom is -0.299 e. The average Bonchev–Trinajstić information content (AvgIpc) is 2.67. The maximum absolute atomic E-state index is 11.9. The van der Waals surface area contributed by atoms with Crippen molar-refractivity contribution in [2.24, 2.45) is 5.92 Å². The van der Waals surface area contributed by atoms with Crippen molar-refractivity contribution >= 4 is 17.1 Å². The van der Waals surface area contributed by atoms with E-state index >= 15 is 0 Å².